The summed E-state index contributed by atoms with van der Waals surface area (Å²) in [5.41, 5.74) is 0. The molecule has 0 saturated carbocycles. The summed E-state index contributed by atoms with van der Waals surface area (Å²) in [4.78, 5) is 0.616. The molecule has 0 aliphatic carbocycles. The number of hydrazine groups is 1. The van der Waals surface area contributed by atoms with Crippen LogP contribution < -0.4 is 10.6 Å². The molecule has 2 N–H and O–H groups in total. The van der Waals surface area contributed by atoms with Crippen molar-refractivity contribution >= 4 is 40.4 Å². The molecule has 0 bridgehead atoms. The van der Waals surface area contributed by atoms with Gasteiger partial charge >= 0.3 is 0 Å². The van der Waals surface area contributed by atoms with Crippen LogP contribution in [0.25, 0.3) is 0 Å². The van der Waals surface area contributed by atoms with Gasteiger partial charge in [-0.25, -0.2) is 5.84 Å². The van der Waals surface area contributed by atoms with Gasteiger partial charge in [0.2, 0.25) is 0 Å². The van der Waals surface area contributed by atoms with Crippen molar-refractivity contribution in [3.63, 3.8) is 0 Å². The number of halogens is 2. The fourth-order valence-electron chi connectivity index (χ4n) is 1.00. The molecule has 6 heteroatoms. The molecule has 0 spiro atoms. The topological polar surface area (TPSA) is 38.5 Å². The number of thiocarbonyl (C=S) groups is 1. The van der Waals surface area contributed by atoms with E-state index in [1.165, 1.54) is 5.01 Å². The minimum atomic E-state index is 0.409. The lowest BCUT2D eigenvalue weighted by Gasteiger charge is -2.17. The Balaban J connectivity index is 2.46. The summed E-state index contributed by atoms with van der Waals surface area (Å²) in [7, 11) is 0. The van der Waals surface area contributed by atoms with E-state index < -0.39 is 0 Å². The molecule has 1 aromatic rings. The monoisotopic (exact) mass is 278 g/mol. The normalized spacial score (nSPS) is 10.0. The highest BCUT2D eigenvalue weighted by Gasteiger charge is 2.03. The molecule has 0 heterocycles. The predicted molar refractivity (Wildman–Crippen MR) is 71.1 cm³/mol. The predicted octanol–water partition coefficient (Wildman–Crippen LogP) is 2.90. The van der Waals surface area contributed by atoms with Crippen LogP contribution in [0.3, 0.4) is 0 Å². The summed E-state index contributed by atoms with van der Waals surface area (Å²) < 4.78 is 5.44. The number of hydrogen-bond acceptors (Lipinski definition) is 3. The molecule has 3 nitrogen and oxygen atoms in total. The fourth-order valence-corrected chi connectivity index (χ4v) is 1.56. The lowest BCUT2D eigenvalue weighted by molar-refractivity contribution is 0.272. The minimum Gasteiger partial charge on any atom is -0.490 e. The number of ether oxygens (including phenoxy) is 1. The van der Waals surface area contributed by atoms with Gasteiger partial charge in [-0.1, -0.05) is 35.4 Å². The van der Waals surface area contributed by atoms with Crippen LogP contribution in [-0.2, 0) is 0 Å². The maximum absolute atomic E-state index is 5.93. The van der Waals surface area contributed by atoms with Gasteiger partial charge in [0.1, 0.15) is 12.4 Å². The summed E-state index contributed by atoms with van der Waals surface area (Å²) in [5.74, 6) is 6.19. The number of hydrogen-bond donors (Lipinski definition) is 1. The zero-order chi connectivity index (χ0) is 12.1. The molecular formula is C10H12Cl2N2OS. The first-order valence-corrected chi connectivity index (χ1v) is 5.78. The van der Waals surface area contributed by atoms with Gasteiger partial charge in [0.25, 0.3) is 0 Å². The van der Waals surface area contributed by atoms with E-state index in [0.717, 1.165) is 0 Å². The number of rotatable bonds is 4. The van der Waals surface area contributed by atoms with Crippen LogP contribution in [0.5, 0.6) is 5.75 Å². The second-order valence-electron chi connectivity index (χ2n) is 3.14. The zero-order valence-electron chi connectivity index (χ0n) is 8.74. The first kappa shape index (κ1) is 13.5. The maximum atomic E-state index is 5.93. The molecule has 0 aliphatic heterocycles. The summed E-state index contributed by atoms with van der Waals surface area (Å²) in [5, 5.41) is 2.50. The van der Waals surface area contributed by atoms with Gasteiger partial charge in [0.05, 0.1) is 16.6 Å². The molecule has 0 amide bonds. The van der Waals surface area contributed by atoms with Crippen molar-refractivity contribution < 1.29 is 4.74 Å². The largest absolute Gasteiger partial charge is 0.490 e. The summed E-state index contributed by atoms with van der Waals surface area (Å²) in [6, 6.07) is 5.06. The third kappa shape index (κ3) is 4.14. The Bertz CT molecular complexity index is 387. The molecule has 16 heavy (non-hydrogen) atoms. The minimum absolute atomic E-state index is 0.409. The molecule has 0 radical (unpaired) electrons. The van der Waals surface area contributed by atoms with Crippen molar-refractivity contribution in [2.24, 2.45) is 5.84 Å². The molecular weight excluding hydrogens is 267 g/mol. The Morgan fingerprint density at radius 2 is 2.19 bits per heavy atom. The molecule has 0 aliphatic rings. The molecule has 0 saturated heterocycles. The summed E-state index contributed by atoms with van der Waals surface area (Å²) >= 11 is 16.6. The Morgan fingerprint density at radius 3 is 2.75 bits per heavy atom. The van der Waals surface area contributed by atoms with Crippen LogP contribution in [0, 0.1) is 0 Å². The molecule has 0 unspecified atom stereocenters. The highest BCUT2D eigenvalue weighted by molar-refractivity contribution is 7.80. The Hall–Kier alpha value is -0.550. The highest BCUT2D eigenvalue weighted by atomic mass is 35.5. The van der Waals surface area contributed by atoms with E-state index in [1.54, 1.807) is 25.1 Å². The zero-order valence-corrected chi connectivity index (χ0v) is 11.1. The molecule has 1 aromatic carbocycles. The quantitative estimate of drug-likeness (QED) is 0.522. The molecule has 0 atom stereocenters. The van der Waals surface area contributed by atoms with Crippen molar-refractivity contribution in [3.05, 3.63) is 28.2 Å². The van der Waals surface area contributed by atoms with Crippen LogP contribution in [0.4, 0.5) is 0 Å². The first-order valence-electron chi connectivity index (χ1n) is 4.61. The van der Waals surface area contributed by atoms with Crippen LogP contribution in [0.1, 0.15) is 6.92 Å². The van der Waals surface area contributed by atoms with Crippen LogP contribution in [-0.4, -0.2) is 23.1 Å². The Labute approximate surface area is 110 Å². The first-order chi connectivity index (χ1) is 7.50. The molecule has 1 rings (SSSR count). The Kier molecular flexibility index (Phi) is 5.28. The van der Waals surface area contributed by atoms with E-state index in [9.17, 15) is 0 Å². The van der Waals surface area contributed by atoms with Gasteiger partial charge in [-0.15, -0.1) is 0 Å². The summed E-state index contributed by atoms with van der Waals surface area (Å²) in [6.45, 7) is 2.67. The van der Waals surface area contributed by atoms with Crippen LogP contribution in [0.2, 0.25) is 10.0 Å². The highest BCUT2D eigenvalue weighted by Crippen LogP contribution is 2.27. The average Bonchev–Trinajstić information content (AvgIpc) is 2.20. The lowest BCUT2D eigenvalue weighted by Crippen LogP contribution is -2.37. The second-order valence-corrected chi connectivity index (χ2v) is 4.57. The van der Waals surface area contributed by atoms with Crippen LogP contribution in [0.15, 0.2) is 18.2 Å². The number of nitrogens with two attached hydrogens (primary N) is 1. The molecule has 88 valence electrons. The standard InChI is InChI=1S/C10H12Cl2N2OS/c1-7(16)14(13)4-5-15-10-3-2-8(11)6-9(10)12/h2-3,6H,4-5,13H2,1H3. The summed E-state index contributed by atoms with van der Waals surface area (Å²) in [6.07, 6.45) is 0. The average molecular weight is 279 g/mol. The van der Waals surface area contributed by atoms with Crippen molar-refractivity contribution in [1.82, 2.24) is 5.01 Å². The lowest BCUT2D eigenvalue weighted by atomic mass is 10.3. The SMILES string of the molecule is CC(=S)N(N)CCOc1ccc(Cl)cc1Cl. The van der Waals surface area contributed by atoms with E-state index >= 15 is 0 Å². The van der Waals surface area contributed by atoms with E-state index in [2.05, 4.69) is 0 Å². The third-order valence-corrected chi connectivity index (χ3v) is 2.65. The fraction of sp³-hybridized carbons (Fsp3) is 0.300. The van der Waals surface area contributed by atoms with E-state index in [-0.39, 0.29) is 0 Å². The van der Waals surface area contributed by atoms with E-state index in [1.807, 2.05) is 0 Å². The Morgan fingerprint density at radius 1 is 1.50 bits per heavy atom. The van der Waals surface area contributed by atoms with Gasteiger partial charge in [0, 0.05) is 5.02 Å². The number of nitrogens with zero attached hydrogens (tertiary/aromatic N) is 1. The van der Waals surface area contributed by atoms with Crippen molar-refractivity contribution in [2.45, 2.75) is 6.92 Å². The van der Waals surface area contributed by atoms with E-state index in [4.69, 9.17) is 46.0 Å². The van der Waals surface area contributed by atoms with Crippen molar-refractivity contribution in [3.8, 4) is 5.75 Å². The van der Waals surface area contributed by atoms with Crippen molar-refractivity contribution in [2.75, 3.05) is 13.2 Å². The van der Waals surface area contributed by atoms with Crippen LogP contribution >= 0.6 is 35.4 Å². The van der Waals surface area contributed by atoms with Gasteiger partial charge in [-0.2, -0.15) is 0 Å². The number of benzene rings is 1. The van der Waals surface area contributed by atoms with Gasteiger partial charge in [0.15, 0.2) is 0 Å². The van der Waals surface area contributed by atoms with Crippen molar-refractivity contribution in [1.29, 1.82) is 0 Å². The van der Waals surface area contributed by atoms with E-state index in [0.29, 0.717) is 33.9 Å². The third-order valence-electron chi connectivity index (χ3n) is 1.89. The van der Waals surface area contributed by atoms with Gasteiger partial charge in [-0.05, 0) is 25.1 Å². The molecule has 0 fully saturated rings. The smallest absolute Gasteiger partial charge is 0.138 e. The molecule has 0 aromatic heterocycles. The van der Waals surface area contributed by atoms with Gasteiger partial charge < -0.3 is 9.75 Å². The van der Waals surface area contributed by atoms with Gasteiger partial charge in [-0.3, -0.25) is 0 Å². The second kappa shape index (κ2) is 6.25. The maximum Gasteiger partial charge on any atom is 0.138 e.